The average Bonchev–Trinajstić information content (AvgIpc) is 2.92. The molecule has 0 unspecified atom stereocenters. The zero-order chi connectivity index (χ0) is 10.1. The van der Waals surface area contributed by atoms with Gasteiger partial charge in [-0.05, 0) is 31.4 Å². The molecule has 0 spiro atoms. The highest BCUT2D eigenvalue weighted by Crippen LogP contribution is 2.33. The van der Waals surface area contributed by atoms with Gasteiger partial charge in [-0.25, -0.2) is 0 Å². The molecule has 2 rings (SSSR count). The molecule has 2 heteroatoms. The van der Waals surface area contributed by atoms with Gasteiger partial charge in [-0.1, -0.05) is 18.2 Å². The first kappa shape index (κ1) is 9.25. The molecule has 2 nitrogen and oxygen atoms in total. The minimum Gasteiger partial charge on any atom is -0.309 e. The standard InChI is InChI=1S/C12H15NO/c1-9-5-3-4-6-12(9)13(10(2)14)11-7-8-11/h3-6,11H,7-8H2,1-2H3. The van der Waals surface area contributed by atoms with Crippen molar-refractivity contribution in [2.75, 3.05) is 4.90 Å². The summed E-state index contributed by atoms with van der Waals surface area (Å²) in [6.07, 6.45) is 2.29. The van der Waals surface area contributed by atoms with Crippen LogP contribution < -0.4 is 4.90 Å². The highest BCUT2D eigenvalue weighted by Gasteiger charge is 2.32. The summed E-state index contributed by atoms with van der Waals surface area (Å²) < 4.78 is 0. The van der Waals surface area contributed by atoms with Gasteiger partial charge in [-0.3, -0.25) is 4.79 Å². The van der Waals surface area contributed by atoms with Gasteiger partial charge in [-0.2, -0.15) is 0 Å². The van der Waals surface area contributed by atoms with Crippen molar-refractivity contribution in [1.29, 1.82) is 0 Å². The van der Waals surface area contributed by atoms with E-state index in [-0.39, 0.29) is 5.91 Å². The average molecular weight is 189 g/mol. The summed E-state index contributed by atoms with van der Waals surface area (Å²) in [4.78, 5) is 13.4. The second kappa shape index (κ2) is 3.45. The molecule has 0 heterocycles. The lowest BCUT2D eigenvalue weighted by atomic mass is 10.2. The van der Waals surface area contributed by atoms with Crippen LogP contribution in [0.25, 0.3) is 0 Å². The number of carbonyl (C=O) groups is 1. The second-order valence-electron chi connectivity index (χ2n) is 3.91. The van der Waals surface area contributed by atoms with Crippen LogP contribution in [0.2, 0.25) is 0 Å². The fourth-order valence-electron chi connectivity index (χ4n) is 1.79. The highest BCUT2D eigenvalue weighted by molar-refractivity contribution is 5.93. The molecule has 14 heavy (non-hydrogen) atoms. The van der Waals surface area contributed by atoms with Gasteiger partial charge in [0.2, 0.25) is 5.91 Å². The summed E-state index contributed by atoms with van der Waals surface area (Å²) in [5, 5.41) is 0. The van der Waals surface area contributed by atoms with Crippen molar-refractivity contribution in [3.63, 3.8) is 0 Å². The van der Waals surface area contributed by atoms with Crippen LogP contribution in [-0.4, -0.2) is 11.9 Å². The maximum absolute atomic E-state index is 11.5. The Morgan fingerprint density at radius 3 is 2.50 bits per heavy atom. The Kier molecular flexibility index (Phi) is 2.28. The molecule has 0 N–H and O–H groups in total. The van der Waals surface area contributed by atoms with Crippen molar-refractivity contribution in [3.05, 3.63) is 29.8 Å². The molecule has 1 fully saturated rings. The van der Waals surface area contributed by atoms with Crippen molar-refractivity contribution < 1.29 is 4.79 Å². The topological polar surface area (TPSA) is 20.3 Å². The first-order chi connectivity index (χ1) is 6.70. The van der Waals surface area contributed by atoms with Gasteiger partial charge in [0, 0.05) is 18.7 Å². The Balaban J connectivity index is 2.35. The molecule has 0 bridgehead atoms. The van der Waals surface area contributed by atoms with E-state index in [1.54, 1.807) is 6.92 Å². The lowest BCUT2D eigenvalue weighted by Crippen LogP contribution is -2.31. The largest absolute Gasteiger partial charge is 0.309 e. The van der Waals surface area contributed by atoms with Crippen LogP contribution in [-0.2, 0) is 4.79 Å². The molecular weight excluding hydrogens is 174 g/mol. The molecule has 74 valence electrons. The SMILES string of the molecule is CC(=O)N(c1ccccc1C)C1CC1. The number of para-hydroxylation sites is 1. The third kappa shape index (κ3) is 1.65. The van der Waals surface area contributed by atoms with E-state index in [0.717, 1.165) is 18.5 Å². The number of benzene rings is 1. The number of anilines is 1. The Morgan fingerprint density at radius 2 is 2.00 bits per heavy atom. The van der Waals surface area contributed by atoms with Gasteiger partial charge in [0.25, 0.3) is 0 Å². The number of nitrogens with zero attached hydrogens (tertiary/aromatic N) is 1. The molecule has 0 aromatic heterocycles. The van der Waals surface area contributed by atoms with Gasteiger partial charge in [0.15, 0.2) is 0 Å². The van der Waals surface area contributed by atoms with Gasteiger partial charge < -0.3 is 4.90 Å². The van der Waals surface area contributed by atoms with E-state index in [1.807, 2.05) is 36.1 Å². The number of rotatable bonds is 2. The normalized spacial score (nSPS) is 15.3. The van der Waals surface area contributed by atoms with Crippen LogP contribution in [0.4, 0.5) is 5.69 Å². The van der Waals surface area contributed by atoms with Crippen molar-refractivity contribution in [2.45, 2.75) is 32.7 Å². The second-order valence-corrected chi connectivity index (χ2v) is 3.91. The minimum absolute atomic E-state index is 0.154. The van der Waals surface area contributed by atoms with Gasteiger partial charge >= 0.3 is 0 Å². The van der Waals surface area contributed by atoms with Crippen LogP contribution in [0.3, 0.4) is 0 Å². The number of hydrogen-bond donors (Lipinski definition) is 0. The predicted molar refractivity (Wildman–Crippen MR) is 57.4 cm³/mol. The highest BCUT2D eigenvalue weighted by atomic mass is 16.2. The first-order valence-electron chi connectivity index (χ1n) is 5.05. The summed E-state index contributed by atoms with van der Waals surface area (Å²) in [6, 6.07) is 8.52. The van der Waals surface area contributed by atoms with Crippen LogP contribution in [0.15, 0.2) is 24.3 Å². The van der Waals surface area contributed by atoms with E-state index < -0.39 is 0 Å². The van der Waals surface area contributed by atoms with E-state index in [9.17, 15) is 4.79 Å². The Labute approximate surface area is 84.5 Å². The Morgan fingerprint density at radius 1 is 1.36 bits per heavy atom. The van der Waals surface area contributed by atoms with Crippen LogP contribution in [0.1, 0.15) is 25.3 Å². The predicted octanol–water partition coefficient (Wildman–Crippen LogP) is 2.51. The van der Waals surface area contributed by atoms with E-state index in [4.69, 9.17) is 0 Å². The summed E-state index contributed by atoms with van der Waals surface area (Å²) in [6.45, 7) is 3.69. The van der Waals surface area contributed by atoms with E-state index >= 15 is 0 Å². The maximum atomic E-state index is 11.5. The fourth-order valence-corrected chi connectivity index (χ4v) is 1.79. The van der Waals surface area contributed by atoms with Gasteiger partial charge in [0.1, 0.15) is 0 Å². The van der Waals surface area contributed by atoms with E-state index in [1.165, 1.54) is 5.56 Å². The molecule has 1 aliphatic rings. The molecular formula is C12H15NO. The smallest absolute Gasteiger partial charge is 0.224 e. The number of aryl methyl sites for hydroxylation is 1. The third-order valence-corrected chi connectivity index (χ3v) is 2.63. The van der Waals surface area contributed by atoms with Crippen molar-refractivity contribution in [3.8, 4) is 0 Å². The molecule has 0 aliphatic heterocycles. The van der Waals surface area contributed by atoms with E-state index in [0.29, 0.717) is 6.04 Å². The zero-order valence-electron chi connectivity index (χ0n) is 8.66. The molecule has 1 aromatic rings. The molecule has 0 radical (unpaired) electrons. The molecule has 0 atom stereocenters. The monoisotopic (exact) mass is 189 g/mol. The molecule has 1 amide bonds. The first-order valence-corrected chi connectivity index (χ1v) is 5.05. The Hall–Kier alpha value is -1.31. The van der Waals surface area contributed by atoms with Gasteiger partial charge in [-0.15, -0.1) is 0 Å². The van der Waals surface area contributed by atoms with Crippen LogP contribution >= 0.6 is 0 Å². The number of hydrogen-bond acceptors (Lipinski definition) is 1. The Bertz CT molecular complexity index is 355. The number of amides is 1. The van der Waals surface area contributed by atoms with E-state index in [2.05, 4.69) is 0 Å². The van der Waals surface area contributed by atoms with Crippen LogP contribution in [0.5, 0.6) is 0 Å². The van der Waals surface area contributed by atoms with Crippen molar-refractivity contribution >= 4 is 11.6 Å². The van der Waals surface area contributed by atoms with Crippen molar-refractivity contribution in [1.82, 2.24) is 0 Å². The molecule has 1 aliphatic carbocycles. The molecule has 1 saturated carbocycles. The summed E-state index contributed by atoms with van der Waals surface area (Å²) in [5.74, 6) is 0.154. The van der Waals surface area contributed by atoms with Gasteiger partial charge in [0.05, 0.1) is 0 Å². The molecule has 0 saturated heterocycles. The van der Waals surface area contributed by atoms with Crippen LogP contribution in [0, 0.1) is 6.92 Å². The summed E-state index contributed by atoms with van der Waals surface area (Å²) in [5.41, 5.74) is 2.25. The number of carbonyl (C=O) groups excluding carboxylic acids is 1. The van der Waals surface area contributed by atoms with Crippen molar-refractivity contribution in [2.24, 2.45) is 0 Å². The summed E-state index contributed by atoms with van der Waals surface area (Å²) in [7, 11) is 0. The maximum Gasteiger partial charge on any atom is 0.224 e. The summed E-state index contributed by atoms with van der Waals surface area (Å²) >= 11 is 0. The lowest BCUT2D eigenvalue weighted by molar-refractivity contribution is -0.116. The molecule has 1 aromatic carbocycles. The lowest BCUT2D eigenvalue weighted by Gasteiger charge is -2.22. The third-order valence-electron chi connectivity index (χ3n) is 2.63. The minimum atomic E-state index is 0.154. The fraction of sp³-hybridized carbons (Fsp3) is 0.417. The zero-order valence-corrected chi connectivity index (χ0v) is 8.66. The quantitative estimate of drug-likeness (QED) is 0.700.